The van der Waals surface area contributed by atoms with Crippen molar-refractivity contribution in [1.29, 1.82) is 5.26 Å². The first-order valence-corrected chi connectivity index (χ1v) is 5.09. The molecule has 0 atom stereocenters. The van der Waals surface area contributed by atoms with Crippen molar-refractivity contribution in [3.8, 4) is 6.07 Å². The summed E-state index contributed by atoms with van der Waals surface area (Å²) in [5.74, 6) is -0.662. The highest BCUT2D eigenvalue weighted by molar-refractivity contribution is 5.36. The van der Waals surface area contributed by atoms with Gasteiger partial charge >= 0.3 is 0 Å². The fourth-order valence-corrected chi connectivity index (χ4v) is 1.68. The Morgan fingerprint density at radius 1 is 1.44 bits per heavy atom. The number of nitrogens with zero attached hydrogens (tertiary/aromatic N) is 3. The molecule has 6 heteroatoms. The van der Waals surface area contributed by atoms with Gasteiger partial charge in [0, 0.05) is 18.8 Å². The molecule has 90 valence electrons. The lowest BCUT2D eigenvalue weighted by Gasteiger charge is -2.05. The van der Waals surface area contributed by atoms with Crippen molar-refractivity contribution in [3.05, 3.63) is 63.7 Å². The second-order valence-electron chi connectivity index (χ2n) is 3.71. The summed E-state index contributed by atoms with van der Waals surface area (Å²) < 4.78 is 14.8. The number of rotatable bonds is 3. The van der Waals surface area contributed by atoms with Gasteiger partial charge in [-0.2, -0.15) is 5.26 Å². The lowest BCUT2D eigenvalue weighted by Crippen LogP contribution is -2.02. The third-order valence-electron chi connectivity index (χ3n) is 2.45. The molecule has 1 aromatic heterocycles. The van der Waals surface area contributed by atoms with E-state index in [0.29, 0.717) is 11.3 Å². The lowest BCUT2D eigenvalue weighted by molar-refractivity contribution is -0.385. The first-order valence-electron chi connectivity index (χ1n) is 5.09. The van der Waals surface area contributed by atoms with Gasteiger partial charge in [0.15, 0.2) is 0 Å². The van der Waals surface area contributed by atoms with Crippen LogP contribution in [0.1, 0.15) is 11.3 Å². The molecule has 1 heterocycles. The zero-order chi connectivity index (χ0) is 13.1. The van der Waals surface area contributed by atoms with Crippen molar-refractivity contribution in [2.24, 2.45) is 0 Å². The van der Waals surface area contributed by atoms with Crippen LogP contribution < -0.4 is 0 Å². The first-order chi connectivity index (χ1) is 8.60. The smallest absolute Gasteiger partial charge is 0.272 e. The predicted octanol–water partition coefficient (Wildman–Crippen LogP) is 2.46. The molecule has 0 saturated heterocycles. The quantitative estimate of drug-likeness (QED) is 0.615. The van der Waals surface area contributed by atoms with Crippen LogP contribution in [0.4, 0.5) is 10.1 Å². The molecule has 0 radical (unpaired) electrons. The van der Waals surface area contributed by atoms with Crippen LogP contribution in [-0.2, 0) is 6.54 Å². The van der Waals surface area contributed by atoms with Crippen molar-refractivity contribution in [2.75, 3.05) is 0 Å². The molecule has 0 aliphatic rings. The highest BCUT2D eigenvalue weighted by Gasteiger charge is 2.10. The van der Waals surface area contributed by atoms with Crippen LogP contribution >= 0.6 is 0 Å². The van der Waals surface area contributed by atoms with Crippen LogP contribution in [0.3, 0.4) is 0 Å². The third kappa shape index (κ3) is 2.35. The number of benzene rings is 1. The number of hydrogen-bond acceptors (Lipinski definition) is 3. The Morgan fingerprint density at radius 3 is 2.89 bits per heavy atom. The molecular weight excluding hydrogens is 237 g/mol. The fourth-order valence-electron chi connectivity index (χ4n) is 1.68. The minimum absolute atomic E-state index is 0.217. The highest BCUT2D eigenvalue weighted by Crippen LogP contribution is 2.17. The van der Waals surface area contributed by atoms with Crippen molar-refractivity contribution < 1.29 is 9.31 Å². The van der Waals surface area contributed by atoms with Crippen molar-refractivity contribution in [1.82, 2.24) is 4.57 Å². The van der Waals surface area contributed by atoms with Crippen LogP contribution in [-0.4, -0.2) is 9.49 Å². The molecule has 0 spiro atoms. The molecule has 1 aromatic carbocycles. The average Bonchev–Trinajstić information content (AvgIpc) is 2.75. The minimum Gasteiger partial charge on any atom is -0.335 e. The molecule has 2 rings (SSSR count). The largest absolute Gasteiger partial charge is 0.335 e. The molecule has 0 bridgehead atoms. The van der Waals surface area contributed by atoms with Crippen LogP contribution in [0, 0.1) is 27.3 Å². The molecule has 0 fully saturated rings. The number of halogens is 1. The van der Waals surface area contributed by atoms with Gasteiger partial charge in [-0.25, -0.2) is 4.39 Å². The maximum Gasteiger partial charge on any atom is 0.272 e. The average molecular weight is 245 g/mol. The highest BCUT2D eigenvalue weighted by atomic mass is 19.1. The van der Waals surface area contributed by atoms with Crippen LogP contribution in [0.15, 0.2) is 36.5 Å². The Bertz CT molecular complexity index is 643. The summed E-state index contributed by atoms with van der Waals surface area (Å²) in [6, 6.07) is 8.67. The van der Waals surface area contributed by atoms with Crippen LogP contribution in [0.25, 0.3) is 0 Å². The number of nitro groups is 1. The van der Waals surface area contributed by atoms with Gasteiger partial charge in [-0.1, -0.05) is 0 Å². The van der Waals surface area contributed by atoms with E-state index in [0.717, 1.165) is 6.07 Å². The summed E-state index contributed by atoms with van der Waals surface area (Å²) >= 11 is 0. The van der Waals surface area contributed by atoms with Crippen molar-refractivity contribution in [2.45, 2.75) is 6.54 Å². The van der Waals surface area contributed by atoms with E-state index in [9.17, 15) is 14.5 Å². The monoisotopic (exact) mass is 245 g/mol. The maximum atomic E-state index is 13.2. The normalized spacial score (nSPS) is 10.0. The van der Waals surface area contributed by atoms with Gasteiger partial charge in [0.25, 0.3) is 5.69 Å². The number of nitriles is 1. The Labute approximate surface area is 102 Å². The second kappa shape index (κ2) is 4.67. The van der Waals surface area contributed by atoms with Crippen LogP contribution in [0.5, 0.6) is 0 Å². The minimum atomic E-state index is -0.662. The van der Waals surface area contributed by atoms with E-state index in [2.05, 4.69) is 0 Å². The van der Waals surface area contributed by atoms with E-state index < -0.39 is 10.7 Å². The summed E-state index contributed by atoms with van der Waals surface area (Å²) in [5, 5.41) is 19.4. The summed E-state index contributed by atoms with van der Waals surface area (Å²) in [6.45, 7) is 0.217. The standard InChI is InChI=1S/C12H8FN3O2/c13-10-4-9(5-12(6-10)16(17)18)8-15-3-1-2-11(15)7-14/h1-6H,8H2. The molecular formula is C12H8FN3O2. The maximum absolute atomic E-state index is 13.2. The Kier molecular flexibility index (Phi) is 3.06. The molecule has 2 aromatic rings. The molecule has 0 N–H and O–H groups in total. The number of non-ortho nitro benzene ring substituents is 1. The second-order valence-corrected chi connectivity index (χ2v) is 3.71. The van der Waals surface area contributed by atoms with Gasteiger partial charge < -0.3 is 4.57 Å². The molecule has 0 saturated carbocycles. The molecule has 0 unspecified atom stereocenters. The molecule has 0 aliphatic carbocycles. The topological polar surface area (TPSA) is 71.9 Å². The first kappa shape index (κ1) is 11.8. The Morgan fingerprint density at radius 2 is 2.22 bits per heavy atom. The van der Waals surface area contributed by atoms with Crippen LogP contribution in [0.2, 0.25) is 0 Å². The van der Waals surface area contributed by atoms with E-state index in [1.165, 1.54) is 12.1 Å². The summed E-state index contributed by atoms with van der Waals surface area (Å²) in [4.78, 5) is 9.97. The Hall–Kier alpha value is -2.68. The zero-order valence-electron chi connectivity index (χ0n) is 9.21. The molecule has 0 amide bonds. The van der Waals surface area contributed by atoms with E-state index in [4.69, 9.17) is 5.26 Å². The SMILES string of the molecule is N#Cc1cccn1Cc1cc(F)cc([N+](=O)[O-])c1. The number of hydrogen-bond donors (Lipinski definition) is 0. The molecule has 0 aliphatic heterocycles. The van der Waals surface area contributed by atoms with E-state index in [1.54, 1.807) is 22.9 Å². The fraction of sp³-hybridized carbons (Fsp3) is 0.0833. The van der Waals surface area contributed by atoms with E-state index >= 15 is 0 Å². The lowest BCUT2D eigenvalue weighted by atomic mass is 10.2. The van der Waals surface area contributed by atoms with E-state index in [1.807, 2.05) is 6.07 Å². The summed E-state index contributed by atoms with van der Waals surface area (Å²) in [6.07, 6.45) is 1.66. The van der Waals surface area contributed by atoms with Gasteiger partial charge in [0.1, 0.15) is 17.6 Å². The number of aromatic nitrogens is 1. The summed E-state index contributed by atoms with van der Waals surface area (Å²) in [5.41, 5.74) is 0.562. The Balaban J connectivity index is 2.35. The van der Waals surface area contributed by atoms with Crippen molar-refractivity contribution in [3.63, 3.8) is 0 Å². The van der Waals surface area contributed by atoms with Gasteiger partial charge in [-0.15, -0.1) is 0 Å². The third-order valence-corrected chi connectivity index (χ3v) is 2.45. The van der Waals surface area contributed by atoms with Gasteiger partial charge in [0.05, 0.1) is 11.0 Å². The predicted molar refractivity (Wildman–Crippen MR) is 61.3 cm³/mol. The number of nitro benzene ring substituents is 1. The van der Waals surface area contributed by atoms with Gasteiger partial charge in [-0.3, -0.25) is 10.1 Å². The van der Waals surface area contributed by atoms with Gasteiger partial charge in [-0.05, 0) is 23.8 Å². The van der Waals surface area contributed by atoms with E-state index in [-0.39, 0.29) is 12.2 Å². The van der Waals surface area contributed by atoms with Gasteiger partial charge in [0.2, 0.25) is 0 Å². The molecule has 5 nitrogen and oxygen atoms in total. The molecule has 18 heavy (non-hydrogen) atoms. The summed E-state index contributed by atoms with van der Waals surface area (Å²) in [7, 11) is 0. The van der Waals surface area contributed by atoms with Crippen molar-refractivity contribution >= 4 is 5.69 Å². The zero-order valence-corrected chi connectivity index (χ0v) is 9.21.